The normalized spacial score (nSPS) is 14.4. The summed E-state index contributed by atoms with van der Waals surface area (Å²) in [5.74, 6) is -0.744. The molecule has 1 aromatic heterocycles. The van der Waals surface area contributed by atoms with Gasteiger partial charge in [-0.25, -0.2) is 4.98 Å². The van der Waals surface area contributed by atoms with Crippen molar-refractivity contribution < 1.29 is 9.59 Å². The van der Waals surface area contributed by atoms with E-state index in [0.29, 0.717) is 33.9 Å². The summed E-state index contributed by atoms with van der Waals surface area (Å²) in [6.07, 6.45) is 7.68. The average Bonchev–Trinajstić information content (AvgIpc) is 2.84. The van der Waals surface area contributed by atoms with Gasteiger partial charge < -0.3 is 11.1 Å². The molecule has 34 heavy (non-hydrogen) atoms. The molecule has 1 heterocycles. The Morgan fingerprint density at radius 1 is 1.15 bits per heavy atom. The van der Waals surface area contributed by atoms with Crippen molar-refractivity contribution in [2.75, 3.05) is 5.32 Å². The Balaban J connectivity index is 1.55. The number of hydrogen-bond acceptors (Lipinski definition) is 5. The summed E-state index contributed by atoms with van der Waals surface area (Å²) in [6.45, 7) is 2.32. The molecule has 0 saturated heterocycles. The minimum Gasteiger partial charge on any atom is -0.366 e. The quantitative estimate of drug-likeness (QED) is 0.283. The number of nitrogens with one attached hydrogen (secondary N) is 1. The highest BCUT2D eigenvalue weighted by molar-refractivity contribution is 8.00. The molecule has 1 aliphatic rings. The van der Waals surface area contributed by atoms with Crippen LogP contribution >= 0.6 is 11.8 Å². The van der Waals surface area contributed by atoms with E-state index in [0.717, 1.165) is 19.3 Å². The molecule has 0 saturated carbocycles. The monoisotopic (exact) mass is 476 g/mol. The molecule has 8 heteroatoms. The number of aromatic nitrogens is 2. The van der Waals surface area contributed by atoms with Crippen LogP contribution in [0.25, 0.3) is 10.9 Å². The summed E-state index contributed by atoms with van der Waals surface area (Å²) in [4.78, 5) is 42.1. The zero-order valence-electron chi connectivity index (χ0n) is 19.1. The molecular formula is C26H28N4O3S. The van der Waals surface area contributed by atoms with E-state index in [9.17, 15) is 14.4 Å². The Hall–Kier alpha value is -3.39. The van der Waals surface area contributed by atoms with E-state index in [2.05, 4.69) is 11.4 Å². The molecule has 3 N–H and O–H groups in total. The van der Waals surface area contributed by atoms with Crippen molar-refractivity contribution in [3.05, 3.63) is 76.1 Å². The molecule has 176 valence electrons. The summed E-state index contributed by atoms with van der Waals surface area (Å²) in [6, 6.07) is 13.7. The van der Waals surface area contributed by atoms with Crippen molar-refractivity contribution in [1.29, 1.82) is 0 Å². The predicted molar refractivity (Wildman–Crippen MR) is 136 cm³/mol. The number of rotatable bonds is 8. The van der Waals surface area contributed by atoms with E-state index >= 15 is 0 Å². The molecule has 0 bridgehead atoms. The topological polar surface area (TPSA) is 107 Å². The fourth-order valence-corrected chi connectivity index (χ4v) is 4.93. The van der Waals surface area contributed by atoms with Crippen LogP contribution in [0.4, 0.5) is 5.69 Å². The van der Waals surface area contributed by atoms with Gasteiger partial charge in [0.15, 0.2) is 5.16 Å². The largest absolute Gasteiger partial charge is 0.366 e. The maximum Gasteiger partial charge on any atom is 0.262 e. The Morgan fingerprint density at radius 2 is 1.91 bits per heavy atom. The number of hydrogen-bond donors (Lipinski definition) is 2. The van der Waals surface area contributed by atoms with Crippen LogP contribution in [0.3, 0.4) is 0 Å². The molecule has 0 radical (unpaired) electrons. The lowest BCUT2D eigenvalue weighted by Gasteiger charge is -2.18. The van der Waals surface area contributed by atoms with E-state index in [1.165, 1.54) is 30.2 Å². The smallest absolute Gasteiger partial charge is 0.262 e. The molecule has 0 unspecified atom stereocenters. The van der Waals surface area contributed by atoms with Gasteiger partial charge in [0, 0.05) is 17.8 Å². The van der Waals surface area contributed by atoms with Crippen LogP contribution < -0.4 is 16.6 Å². The van der Waals surface area contributed by atoms with Gasteiger partial charge in [-0.15, -0.1) is 0 Å². The third kappa shape index (κ3) is 5.56. The number of carbonyl (C=O) groups is 2. The van der Waals surface area contributed by atoms with Gasteiger partial charge in [-0.05, 0) is 75.4 Å². The zero-order valence-corrected chi connectivity index (χ0v) is 19.9. The lowest BCUT2D eigenvalue weighted by atomic mass is 9.97. The van der Waals surface area contributed by atoms with Crippen LogP contribution in [0, 0.1) is 0 Å². The molecule has 1 aliphatic carbocycles. The number of benzene rings is 2. The van der Waals surface area contributed by atoms with Gasteiger partial charge in [-0.2, -0.15) is 0 Å². The SMILES string of the molecule is C[C@H](Sc1nc2ccccc2c(=O)n1CCC1=CCCCC1)C(=O)Nc1ccc(C(N)=O)cc1. The molecule has 0 fully saturated rings. The Labute approximate surface area is 202 Å². The zero-order chi connectivity index (χ0) is 24.1. The fourth-order valence-electron chi connectivity index (χ4n) is 4.00. The van der Waals surface area contributed by atoms with Crippen LogP contribution in [0.5, 0.6) is 0 Å². The molecule has 2 amide bonds. The van der Waals surface area contributed by atoms with E-state index in [1.807, 2.05) is 18.2 Å². The Bertz CT molecular complexity index is 1300. The number of nitrogens with zero attached hydrogens (tertiary/aromatic N) is 2. The Morgan fingerprint density at radius 3 is 2.62 bits per heavy atom. The third-order valence-electron chi connectivity index (χ3n) is 5.96. The molecule has 2 aromatic carbocycles. The molecular weight excluding hydrogens is 448 g/mol. The van der Waals surface area contributed by atoms with Crippen molar-refractivity contribution in [3.63, 3.8) is 0 Å². The number of anilines is 1. The van der Waals surface area contributed by atoms with Crippen LogP contribution in [0.15, 0.2) is 70.1 Å². The number of fused-ring (bicyclic) bond motifs is 1. The van der Waals surface area contributed by atoms with Crippen LogP contribution in [-0.4, -0.2) is 26.6 Å². The van der Waals surface area contributed by atoms with Crippen molar-refractivity contribution in [2.24, 2.45) is 5.73 Å². The molecule has 1 atom stereocenters. The number of nitrogens with two attached hydrogens (primary N) is 1. The first-order valence-corrected chi connectivity index (χ1v) is 12.3. The first-order valence-electron chi connectivity index (χ1n) is 11.5. The molecule has 0 spiro atoms. The number of para-hydroxylation sites is 1. The van der Waals surface area contributed by atoms with Crippen molar-refractivity contribution in [2.45, 2.75) is 56.0 Å². The molecule has 4 rings (SSSR count). The van der Waals surface area contributed by atoms with Crippen molar-refractivity contribution in [1.82, 2.24) is 9.55 Å². The standard InChI is InChI=1S/C26H28N4O3S/c1-17(24(32)28-20-13-11-19(12-14-20)23(27)31)34-26-29-22-10-6-5-9-21(22)25(33)30(26)16-15-18-7-3-2-4-8-18/h5-7,9-14,17H,2-4,8,15-16H2,1H3,(H2,27,31)(H,28,32)/t17-/m0/s1. The second-order valence-electron chi connectivity index (χ2n) is 8.42. The number of thioether (sulfide) groups is 1. The first kappa shape index (κ1) is 23.8. The number of carbonyl (C=O) groups excluding carboxylic acids is 2. The lowest BCUT2D eigenvalue weighted by Crippen LogP contribution is -2.27. The van der Waals surface area contributed by atoms with E-state index in [-0.39, 0.29) is 11.5 Å². The highest BCUT2D eigenvalue weighted by atomic mass is 32.2. The predicted octanol–water partition coefficient (Wildman–Crippen LogP) is 4.51. The van der Waals surface area contributed by atoms with Gasteiger partial charge in [-0.1, -0.05) is 35.5 Å². The van der Waals surface area contributed by atoms with Crippen LogP contribution in [0.1, 0.15) is 49.4 Å². The number of primary amides is 1. The minimum absolute atomic E-state index is 0.0841. The second-order valence-corrected chi connectivity index (χ2v) is 9.73. The summed E-state index contributed by atoms with van der Waals surface area (Å²) >= 11 is 1.27. The van der Waals surface area contributed by atoms with Gasteiger partial charge in [0.25, 0.3) is 5.56 Å². The van der Waals surface area contributed by atoms with Crippen LogP contribution in [-0.2, 0) is 11.3 Å². The van der Waals surface area contributed by atoms with Gasteiger partial charge in [0.05, 0.1) is 16.2 Å². The van der Waals surface area contributed by atoms with Gasteiger partial charge in [0.2, 0.25) is 11.8 Å². The average molecular weight is 477 g/mol. The summed E-state index contributed by atoms with van der Waals surface area (Å²) < 4.78 is 1.70. The highest BCUT2D eigenvalue weighted by Crippen LogP contribution is 2.26. The fraction of sp³-hybridized carbons (Fsp3) is 0.308. The third-order valence-corrected chi connectivity index (χ3v) is 7.05. The molecule has 0 aliphatic heterocycles. The minimum atomic E-state index is -0.522. The van der Waals surface area contributed by atoms with Gasteiger partial charge >= 0.3 is 0 Å². The van der Waals surface area contributed by atoms with E-state index in [1.54, 1.807) is 41.8 Å². The van der Waals surface area contributed by atoms with Crippen molar-refractivity contribution >= 4 is 40.2 Å². The van der Waals surface area contributed by atoms with Crippen LogP contribution in [0.2, 0.25) is 0 Å². The first-order chi connectivity index (χ1) is 16.4. The summed E-state index contributed by atoms with van der Waals surface area (Å²) in [5, 5.41) is 3.46. The Kier molecular flexibility index (Phi) is 7.47. The van der Waals surface area contributed by atoms with Gasteiger partial charge in [-0.3, -0.25) is 19.0 Å². The lowest BCUT2D eigenvalue weighted by molar-refractivity contribution is -0.115. The molecule has 3 aromatic rings. The van der Waals surface area contributed by atoms with Gasteiger partial charge in [0.1, 0.15) is 0 Å². The maximum absolute atomic E-state index is 13.3. The number of amides is 2. The highest BCUT2D eigenvalue weighted by Gasteiger charge is 2.20. The van der Waals surface area contributed by atoms with E-state index in [4.69, 9.17) is 10.7 Å². The number of allylic oxidation sites excluding steroid dienone is 2. The molecule has 7 nitrogen and oxygen atoms in total. The summed E-state index contributed by atoms with van der Waals surface area (Å²) in [5.41, 5.74) is 8.13. The van der Waals surface area contributed by atoms with E-state index < -0.39 is 11.2 Å². The summed E-state index contributed by atoms with van der Waals surface area (Å²) in [7, 11) is 0. The maximum atomic E-state index is 13.3. The van der Waals surface area contributed by atoms with Crippen molar-refractivity contribution in [3.8, 4) is 0 Å². The second kappa shape index (κ2) is 10.7.